The van der Waals surface area contributed by atoms with Gasteiger partial charge in [-0.25, -0.2) is 0 Å². The Balaban J connectivity index is 4.33. The third-order valence-corrected chi connectivity index (χ3v) is 3.89. The predicted octanol–water partition coefficient (Wildman–Crippen LogP) is 3.72. The van der Waals surface area contributed by atoms with Crippen molar-refractivity contribution in [3.05, 3.63) is 0 Å². The van der Waals surface area contributed by atoms with Crippen LogP contribution in [0.4, 0.5) is 0 Å². The molecule has 0 aromatic carbocycles. The molecule has 0 heterocycles. The standard InChI is InChI=1S/C16H34O4/c1-6-7-8-9-10-11-12-15(13-14(2)17)16(18-3,19-4)20-5/h14-15,17H,6-13H2,1-5H3. The van der Waals surface area contributed by atoms with Crippen LogP contribution in [0.1, 0.15) is 65.2 Å². The first kappa shape index (κ1) is 19.8. The Labute approximate surface area is 124 Å². The van der Waals surface area contributed by atoms with Crippen LogP contribution < -0.4 is 0 Å². The molecule has 122 valence electrons. The second-order valence-electron chi connectivity index (χ2n) is 5.55. The van der Waals surface area contributed by atoms with Gasteiger partial charge in [0.05, 0.1) is 6.10 Å². The summed E-state index contributed by atoms with van der Waals surface area (Å²) in [5.41, 5.74) is 0. The normalized spacial score (nSPS) is 15.3. The van der Waals surface area contributed by atoms with Gasteiger partial charge in [-0.2, -0.15) is 0 Å². The van der Waals surface area contributed by atoms with E-state index in [1.165, 1.54) is 32.1 Å². The van der Waals surface area contributed by atoms with Crippen molar-refractivity contribution in [2.45, 2.75) is 77.3 Å². The minimum Gasteiger partial charge on any atom is -0.393 e. The molecule has 2 unspecified atom stereocenters. The van der Waals surface area contributed by atoms with E-state index in [0.717, 1.165) is 12.8 Å². The average molecular weight is 290 g/mol. The van der Waals surface area contributed by atoms with Gasteiger partial charge >= 0.3 is 0 Å². The lowest BCUT2D eigenvalue weighted by Gasteiger charge is -2.37. The highest BCUT2D eigenvalue weighted by Crippen LogP contribution is 2.32. The first-order valence-electron chi connectivity index (χ1n) is 7.89. The van der Waals surface area contributed by atoms with Gasteiger partial charge < -0.3 is 19.3 Å². The maximum Gasteiger partial charge on any atom is 0.285 e. The van der Waals surface area contributed by atoms with Gasteiger partial charge in [-0.05, 0) is 19.8 Å². The Morgan fingerprint density at radius 3 is 1.85 bits per heavy atom. The number of ether oxygens (including phenoxy) is 3. The van der Waals surface area contributed by atoms with E-state index < -0.39 is 5.97 Å². The van der Waals surface area contributed by atoms with Gasteiger partial charge in [-0.15, -0.1) is 0 Å². The lowest BCUT2D eigenvalue weighted by atomic mass is 9.92. The van der Waals surface area contributed by atoms with Crippen LogP contribution in [0, 0.1) is 5.92 Å². The van der Waals surface area contributed by atoms with Gasteiger partial charge in [0.25, 0.3) is 5.97 Å². The Kier molecular flexibility index (Phi) is 11.4. The summed E-state index contributed by atoms with van der Waals surface area (Å²) in [6, 6.07) is 0. The number of unbranched alkanes of at least 4 members (excludes halogenated alkanes) is 5. The number of aliphatic hydroxyl groups excluding tert-OH is 1. The molecule has 0 bridgehead atoms. The molecule has 0 aliphatic rings. The molecule has 2 atom stereocenters. The molecule has 1 N–H and O–H groups in total. The fourth-order valence-electron chi connectivity index (χ4n) is 2.77. The highest BCUT2D eigenvalue weighted by molar-refractivity contribution is 4.73. The van der Waals surface area contributed by atoms with Crippen molar-refractivity contribution in [1.29, 1.82) is 0 Å². The zero-order valence-electron chi connectivity index (χ0n) is 14.0. The van der Waals surface area contributed by atoms with Gasteiger partial charge in [0.1, 0.15) is 0 Å². The van der Waals surface area contributed by atoms with Crippen LogP contribution >= 0.6 is 0 Å². The summed E-state index contributed by atoms with van der Waals surface area (Å²) in [4.78, 5) is 0. The van der Waals surface area contributed by atoms with E-state index in [0.29, 0.717) is 6.42 Å². The SMILES string of the molecule is CCCCCCCCC(CC(C)O)C(OC)(OC)OC. The van der Waals surface area contributed by atoms with Crippen molar-refractivity contribution in [2.75, 3.05) is 21.3 Å². The van der Waals surface area contributed by atoms with Crippen molar-refractivity contribution < 1.29 is 19.3 Å². The molecule has 4 heteroatoms. The van der Waals surface area contributed by atoms with Crippen molar-refractivity contribution in [3.63, 3.8) is 0 Å². The summed E-state index contributed by atoms with van der Waals surface area (Å²) in [5.74, 6) is -1.01. The summed E-state index contributed by atoms with van der Waals surface area (Å²) in [6.45, 7) is 4.02. The van der Waals surface area contributed by atoms with E-state index in [1.54, 1.807) is 28.3 Å². The topological polar surface area (TPSA) is 47.9 Å². The quantitative estimate of drug-likeness (QED) is 0.415. The van der Waals surface area contributed by atoms with E-state index in [2.05, 4.69) is 6.92 Å². The van der Waals surface area contributed by atoms with Crippen LogP contribution in [0.5, 0.6) is 0 Å². The minimum absolute atomic E-state index is 0.0358. The van der Waals surface area contributed by atoms with Crippen molar-refractivity contribution in [1.82, 2.24) is 0 Å². The molecule has 0 spiro atoms. The van der Waals surface area contributed by atoms with E-state index in [4.69, 9.17) is 14.2 Å². The van der Waals surface area contributed by atoms with E-state index >= 15 is 0 Å². The maximum atomic E-state index is 9.68. The highest BCUT2D eigenvalue weighted by atomic mass is 16.9. The fourth-order valence-corrected chi connectivity index (χ4v) is 2.77. The molecular weight excluding hydrogens is 256 g/mol. The largest absolute Gasteiger partial charge is 0.393 e. The van der Waals surface area contributed by atoms with Gasteiger partial charge in [0.2, 0.25) is 0 Å². The monoisotopic (exact) mass is 290 g/mol. The third-order valence-electron chi connectivity index (χ3n) is 3.89. The average Bonchev–Trinajstić information content (AvgIpc) is 2.44. The lowest BCUT2D eigenvalue weighted by Crippen LogP contribution is -2.45. The Morgan fingerprint density at radius 1 is 0.900 bits per heavy atom. The second kappa shape index (κ2) is 11.5. The zero-order chi connectivity index (χ0) is 15.4. The van der Waals surface area contributed by atoms with Gasteiger partial charge in [-0.1, -0.05) is 45.4 Å². The second-order valence-corrected chi connectivity index (χ2v) is 5.55. The van der Waals surface area contributed by atoms with Crippen LogP contribution in [0.25, 0.3) is 0 Å². The molecule has 0 saturated heterocycles. The van der Waals surface area contributed by atoms with Gasteiger partial charge in [0, 0.05) is 27.2 Å². The van der Waals surface area contributed by atoms with Crippen LogP contribution in [0.15, 0.2) is 0 Å². The summed E-state index contributed by atoms with van der Waals surface area (Å²) in [6.07, 6.45) is 8.65. The van der Waals surface area contributed by atoms with E-state index in [1.807, 2.05) is 0 Å². The minimum atomic E-state index is -1.04. The molecule has 0 aromatic heterocycles. The van der Waals surface area contributed by atoms with Crippen LogP contribution in [-0.2, 0) is 14.2 Å². The van der Waals surface area contributed by atoms with Gasteiger partial charge in [-0.3, -0.25) is 0 Å². The summed E-state index contributed by atoms with van der Waals surface area (Å²) < 4.78 is 16.3. The fraction of sp³-hybridized carbons (Fsp3) is 1.00. The molecule has 0 saturated carbocycles. The first-order valence-corrected chi connectivity index (χ1v) is 7.89. The Morgan fingerprint density at radius 2 is 1.40 bits per heavy atom. The number of methoxy groups -OCH3 is 3. The predicted molar refractivity (Wildman–Crippen MR) is 81.5 cm³/mol. The number of hydrogen-bond acceptors (Lipinski definition) is 4. The van der Waals surface area contributed by atoms with Crippen molar-refractivity contribution in [2.24, 2.45) is 5.92 Å². The Hall–Kier alpha value is -0.160. The van der Waals surface area contributed by atoms with Crippen molar-refractivity contribution >= 4 is 0 Å². The number of aliphatic hydroxyl groups is 1. The highest BCUT2D eigenvalue weighted by Gasteiger charge is 2.40. The van der Waals surface area contributed by atoms with Crippen LogP contribution in [0.3, 0.4) is 0 Å². The molecule has 0 aliphatic heterocycles. The van der Waals surface area contributed by atoms with E-state index in [9.17, 15) is 5.11 Å². The molecule has 0 aliphatic carbocycles. The van der Waals surface area contributed by atoms with Gasteiger partial charge in [0.15, 0.2) is 0 Å². The zero-order valence-corrected chi connectivity index (χ0v) is 14.0. The molecule has 0 rings (SSSR count). The smallest absolute Gasteiger partial charge is 0.285 e. The summed E-state index contributed by atoms with van der Waals surface area (Å²) in [7, 11) is 4.76. The molecule has 20 heavy (non-hydrogen) atoms. The number of hydrogen-bond donors (Lipinski definition) is 1. The van der Waals surface area contributed by atoms with Crippen LogP contribution in [-0.4, -0.2) is 38.5 Å². The van der Waals surface area contributed by atoms with E-state index in [-0.39, 0.29) is 12.0 Å². The maximum absolute atomic E-state index is 9.68. The molecular formula is C16H34O4. The molecule has 0 fully saturated rings. The number of rotatable bonds is 13. The van der Waals surface area contributed by atoms with Crippen molar-refractivity contribution in [3.8, 4) is 0 Å². The third kappa shape index (κ3) is 7.02. The molecule has 0 amide bonds. The molecule has 0 aromatic rings. The Bertz CT molecular complexity index is 206. The molecule has 4 nitrogen and oxygen atoms in total. The first-order chi connectivity index (χ1) is 9.56. The summed E-state index contributed by atoms with van der Waals surface area (Å²) in [5, 5.41) is 9.68. The van der Waals surface area contributed by atoms with Crippen LogP contribution in [0.2, 0.25) is 0 Å². The lowest BCUT2D eigenvalue weighted by molar-refractivity contribution is -0.381. The molecule has 0 radical (unpaired) electrons. The summed E-state index contributed by atoms with van der Waals surface area (Å²) >= 11 is 0.